The van der Waals surface area contributed by atoms with Gasteiger partial charge in [-0.25, -0.2) is 0 Å². The maximum Gasteiger partial charge on any atom is 2.00 e. The van der Waals surface area contributed by atoms with Crippen LogP contribution < -0.4 is 49.6 Å². The minimum Gasteiger partial charge on any atom is -1.00 e. The molecule has 0 unspecified atom stereocenters. The van der Waals surface area contributed by atoms with Crippen molar-refractivity contribution in [3.05, 3.63) is 38.9 Å². The Balaban J connectivity index is -0.0000000960. The van der Waals surface area contributed by atoms with Gasteiger partial charge in [0.2, 0.25) is 5.39 Å². The molecule has 0 aliphatic rings. The summed E-state index contributed by atoms with van der Waals surface area (Å²) in [5.74, 6) is 0. The predicted molar refractivity (Wildman–Crippen MR) is 42.6 cm³/mol. The van der Waals surface area contributed by atoms with E-state index in [1.54, 1.807) is 6.92 Å². The van der Waals surface area contributed by atoms with Crippen molar-refractivity contribution >= 4 is 11.4 Å². The Hall–Kier alpha value is -0.177. The Kier molecular flexibility index (Phi) is 24.6. The van der Waals surface area contributed by atoms with Crippen LogP contribution in [-0.4, -0.2) is 4.92 Å². The maximum atomic E-state index is 10.3. The number of rotatable bonds is 1. The van der Waals surface area contributed by atoms with Crippen molar-refractivity contribution < 1.29 is 74.0 Å². The molecule has 17 heavy (non-hydrogen) atoms. The molecule has 0 amide bonds. The van der Waals surface area contributed by atoms with Gasteiger partial charge in [0, 0.05) is 11.6 Å². The van der Waals surface area contributed by atoms with Gasteiger partial charge in [0.05, 0.1) is 4.92 Å². The number of hydrogen-bond acceptors (Lipinski definition) is 3. The molecule has 0 heterocycles. The molecule has 1 aromatic carbocycles. The van der Waals surface area contributed by atoms with E-state index in [0.717, 1.165) is 0 Å². The molecule has 0 radical (unpaired) electrons. The molecule has 0 saturated carbocycles. The van der Waals surface area contributed by atoms with Crippen LogP contribution in [0.1, 0.15) is 5.56 Å². The van der Waals surface area contributed by atoms with Crippen molar-refractivity contribution in [2.45, 2.75) is 6.92 Å². The quantitative estimate of drug-likeness (QED) is 0.213. The van der Waals surface area contributed by atoms with Gasteiger partial charge in [-0.15, -0.1) is 0 Å². The first-order chi connectivity index (χ1) is 5.65. The number of nitro benzene ring substituents is 1. The maximum absolute atomic E-state index is 10.3. The van der Waals surface area contributed by atoms with Gasteiger partial charge in [-0.1, -0.05) is 0 Å². The normalized spacial score (nSPS) is 6.35. The fraction of sp³-hybridized carbons (Fsp3) is 0.143. The van der Waals surface area contributed by atoms with Crippen molar-refractivity contribution in [2.75, 3.05) is 0 Å². The van der Waals surface area contributed by atoms with Crippen molar-refractivity contribution in [3.63, 3.8) is 0 Å². The Morgan fingerprint density at radius 1 is 1.24 bits per heavy atom. The Labute approximate surface area is 136 Å². The summed E-state index contributed by atoms with van der Waals surface area (Å²) in [4.78, 5) is 12.6. The van der Waals surface area contributed by atoms with Gasteiger partial charge >= 0.3 is 25.2 Å². The van der Waals surface area contributed by atoms with Crippen molar-refractivity contribution in [2.24, 2.45) is 0 Å². The molecule has 0 aromatic heterocycles. The standard InChI is InChI=1S/C7H6N3O2.4ClH.Zn/c1-5-2-3-6(10(11)12)4-7(5)9-8;;;;;/h2-4H,1H3;4*1H;/q+1;;;;;+2/p-4. The number of hydrogen-bond donors (Lipinski definition) is 0. The molecular weight excluding hydrogens is 365 g/mol. The van der Waals surface area contributed by atoms with Crippen LogP contribution in [0.4, 0.5) is 11.4 Å². The number of diazo groups is 1. The first kappa shape index (κ1) is 30.1. The minimum absolute atomic E-state index is 0. The summed E-state index contributed by atoms with van der Waals surface area (Å²) in [6, 6.07) is 4.12. The van der Waals surface area contributed by atoms with E-state index in [2.05, 4.69) is 4.98 Å². The molecule has 0 aliphatic carbocycles. The van der Waals surface area contributed by atoms with Gasteiger partial charge in [-0.2, -0.15) is 0 Å². The number of benzene rings is 1. The smallest absolute Gasteiger partial charge is 1.00 e. The molecule has 10 heteroatoms. The SMILES string of the molecule is Cc1ccc([N+](=O)[O-])cc1[N+]#N.[Cl-].[Cl-].[Cl-].[Cl-].[Zn+2]. The van der Waals surface area contributed by atoms with Gasteiger partial charge < -0.3 is 49.6 Å². The van der Waals surface area contributed by atoms with Crippen LogP contribution >= 0.6 is 0 Å². The zero-order valence-corrected chi connectivity index (χ0v) is 14.6. The number of nitrogens with zero attached hydrogens (tertiary/aromatic N) is 3. The van der Waals surface area contributed by atoms with Gasteiger partial charge in [0.1, 0.15) is 6.07 Å². The topological polar surface area (TPSA) is 71.3 Å². The first-order valence-corrected chi connectivity index (χ1v) is 3.25. The summed E-state index contributed by atoms with van der Waals surface area (Å²) in [6.07, 6.45) is 0. The largest absolute Gasteiger partial charge is 2.00 e. The van der Waals surface area contributed by atoms with Crippen LogP contribution in [0, 0.1) is 22.4 Å². The molecule has 0 bridgehead atoms. The summed E-state index contributed by atoms with van der Waals surface area (Å²) in [5, 5.41) is 18.7. The average Bonchev–Trinajstić information content (AvgIpc) is 2.05. The Morgan fingerprint density at radius 3 is 2.06 bits per heavy atom. The van der Waals surface area contributed by atoms with E-state index in [0.29, 0.717) is 5.56 Å². The summed E-state index contributed by atoms with van der Waals surface area (Å²) in [7, 11) is 0. The second-order valence-electron chi connectivity index (χ2n) is 2.33. The van der Waals surface area contributed by atoms with Crippen LogP contribution in [0.25, 0.3) is 4.98 Å². The van der Waals surface area contributed by atoms with E-state index in [1.807, 2.05) is 0 Å². The summed E-state index contributed by atoms with van der Waals surface area (Å²) in [5.41, 5.74) is 0.848. The molecule has 0 spiro atoms. The van der Waals surface area contributed by atoms with Crippen LogP contribution in [0.5, 0.6) is 0 Å². The van der Waals surface area contributed by atoms with Gasteiger partial charge in [-0.3, -0.25) is 10.1 Å². The zero-order valence-electron chi connectivity index (χ0n) is 8.61. The minimum atomic E-state index is -0.534. The molecular formula is C7H6Cl4N3O2Zn-. The second kappa shape index (κ2) is 13.9. The van der Waals surface area contributed by atoms with Crippen LogP contribution in [0.2, 0.25) is 0 Å². The van der Waals surface area contributed by atoms with E-state index in [4.69, 9.17) is 5.39 Å². The third kappa shape index (κ3) is 8.53. The van der Waals surface area contributed by atoms with E-state index >= 15 is 0 Å². The third-order valence-electron chi connectivity index (χ3n) is 1.51. The van der Waals surface area contributed by atoms with E-state index in [-0.39, 0.29) is 80.5 Å². The molecule has 0 saturated heterocycles. The van der Waals surface area contributed by atoms with Crippen molar-refractivity contribution in [1.82, 2.24) is 0 Å². The summed E-state index contributed by atoms with van der Waals surface area (Å²) >= 11 is 0. The molecule has 1 rings (SSSR count). The first-order valence-electron chi connectivity index (χ1n) is 3.25. The van der Waals surface area contributed by atoms with Gasteiger partial charge in [0.15, 0.2) is 4.98 Å². The number of aryl methyl sites for hydroxylation is 1. The van der Waals surface area contributed by atoms with Crippen LogP contribution in [-0.2, 0) is 19.5 Å². The fourth-order valence-electron chi connectivity index (χ4n) is 0.819. The molecule has 5 nitrogen and oxygen atoms in total. The Bertz CT molecular complexity index is 386. The number of halogens is 4. The summed E-state index contributed by atoms with van der Waals surface area (Å²) < 4.78 is 0. The van der Waals surface area contributed by atoms with Crippen LogP contribution in [0.15, 0.2) is 18.2 Å². The van der Waals surface area contributed by atoms with Crippen molar-refractivity contribution in [1.29, 1.82) is 5.39 Å². The third-order valence-corrected chi connectivity index (χ3v) is 1.51. The number of non-ortho nitro benzene ring substituents is 1. The second-order valence-corrected chi connectivity index (χ2v) is 2.33. The molecule has 92 valence electrons. The predicted octanol–water partition coefficient (Wildman–Crippen LogP) is -9.60. The molecule has 0 fully saturated rings. The fourth-order valence-corrected chi connectivity index (χ4v) is 0.819. The van der Waals surface area contributed by atoms with E-state index in [9.17, 15) is 10.1 Å². The summed E-state index contributed by atoms with van der Waals surface area (Å²) in [6.45, 7) is 1.71. The molecule has 0 atom stereocenters. The van der Waals surface area contributed by atoms with E-state index in [1.165, 1.54) is 18.2 Å². The molecule has 0 N–H and O–H groups in total. The van der Waals surface area contributed by atoms with Gasteiger partial charge in [0.25, 0.3) is 5.69 Å². The van der Waals surface area contributed by atoms with E-state index < -0.39 is 4.92 Å². The monoisotopic (exact) mass is 368 g/mol. The molecule has 1 aromatic rings. The molecule has 0 aliphatic heterocycles. The van der Waals surface area contributed by atoms with Gasteiger partial charge in [-0.05, 0) is 13.0 Å². The number of nitro groups is 1. The average molecular weight is 371 g/mol. The zero-order chi connectivity index (χ0) is 9.14. The Morgan fingerprint density at radius 2 is 1.71 bits per heavy atom. The van der Waals surface area contributed by atoms with Crippen molar-refractivity contribution in [3.8, 4) is 0 Å². The van der Waals surface area contributed by atoms with Crippen LogP contribution in [0.3, 0.4) is 0 Å².